The van der Waals surface area contributed by atoms with Crippen LogP contribution in [0.25, 0.3) is 21.9 Å². The van der Waals surface area contributed by atoms with Gasteiger partial charge in [0.2, 0.25) is 5.91 Å². The van der Waals surface area contributed by atoms with E-state index in [2.05, 4.69) is 16.8 Å². The second-order valence-electron chi connectivity index (χ2n) is 7.19. The second kappa shape index (κ2) is 8.20. The number of halogens is 3. The van der Waals surface area contributed by atoms with Gasteiger partial charge in [-0.2, -0.15) is 5.10 Å². The van der Waals surface area contributed by atoms with Gasteiger partial charge in [-0.1, -0.05) is 35.8 Å². The van der Waals surface area contributed by atoms with Crippen LogP contribution >= 0.6 is 23.2 Å². The molecule has 1 aliphatic rings. The van der Waals surface area contributed by atoms with E-state index < -0.39 is 5.82 Å². The molecule has 3 aromatic rings. The monoisotopic (exact) mass is 445 g/mol. The number of piperidine rings is 1. The van der Waals surface area contributed by atoms with Crippen molar-refractivity contribution >= 4 is 39.9 Å². The van der Waals surface area contributed by atoms with E-state index in [0.717, 1.165) is 23.9 Å². The van der Waals surface area contributed by atoms with E-state index in [9.17, 15) is 14.3 Å². The summed E-state index contributed by atoms with van der Waals surface area (Å²) in [7, 11) is 0. The molecule has 1 fully saturated rings. The summed E-state index contributed by atoms with van der Waals surface area (Å²) >= 11 is 12.8. The molecular weight excluding hydrogens is 428 g/mol. The molecule has 0 spiro atoms. The molecule has 4 rings (SSSR count). The van der Waals surface area contributed by atoms with Gasteiger partial charge in [0.1, 0.15) is 11.6 Å². The van der Waals surface area contributed by atoms with E-state index in [1.807, 2.05) is 0 Å². The number of amides is 1. The van der Waals surface area contributed by atoms with Crippen LogP contribution in [-0.4, -0.2) is 39.2 Å². The topological polar surface area (TPSA) is 66.3 Å². The number of phenols is 1. The number of hydrogen-bond donors (Lipinski definition) is 1. The predicted molar refractivity (Wildman–Crippen MR) is 115 cm³/mol. The number of benzene rings is 2. The van der Waals surface area contributed by atoms with Gasteiger partial charge in [-0.3, -0.25) is 4.79 Å². The standard InChI is InChI=1S/C22H18Cl2FN3O2/c1-2-19(30)28-8-6-12(7-9-28)21-13-11-16(23)15(10-14(13)22(24)27-26-21)20-17(25)4-3-5-18(20)29/h2-5,10-12,29H,1,6-9H2. The van der Waals surface area contributed by atoms with Crippen LogP contribution in [0.4, 0.5) is 4.39 Å². The number of fused-ring (bicyclic) bond motifs is 1. The molecule has 0 unspecified atom stereocenters. The smallest absolute Gasteiger partial charge is 0.245 e. The van der Waals surface area contributed by atoms with Crippen LogP contribution in [0.3, 0.4) is 0 Å². The first-order chi connectivity index (χ1) is 14.4. The maximum atomic E-state index is 14.4. The highest BCUT2D eigenvalue weighted by Crippen LogP contribution is 2.41. The van der Waals surface area contributed by atoms with E-state index in [4.69, 9.17) is 23.2 Å². The molecule has 0 aliphatic carbocycles. The minimum Gasteiger partial charge on any atom is -0.507 e. The van der Waals surface area contributed by atoms with Crippen LogP contribution < -0.4 is 0 Å². The van der Waals surface area contributed by atoms with Gasteiger partial charge in [0, 0.05) is 40.4 Å². The van der Waals surface area contributed by atoms with Crippen molar-refractivity contribution < 1.29 is 14.3 Å². The lowest BCUT2D eigenvalue weighted by molar-refractivity contribution is -0.127. The van der Waals surface area contributed by atoms with Crippen molar-refractivity contribution in [3.63, 3.8) is 0 Å². The summed E-state index contributed by atoms with van der Waals surface area (Å²) in [5, 5.41) is 20.3. The summed E-state index contributed by atoms with van der Waals surface area (Å²) < 4.78 is 14.4. The molecule has 0 saturated carbocycles. The van der Waals surface area contributed by atoms with E-state index in [-0.39, 0.29) is 33.3 Å². The third-order valence-electron chi connectivity index (χ3n) is 5.48. The Morgan fingerprint density at radius 1 is 1.20 bits per heavy atom. The number of phenolic OH excluding ortho intramolecular Hbond substituents is 1. The second-order valence-corrected chi connectivity index (χ2v) is 7.96. The van der Waals surface area contributed by atoms with Crippen molar-refractivity contribution in [2.24, 2.45) is 0 Å². The number of aromatic hydroxyl groups is 1. The Bertz CT molecular complexity index is 1140. The van der Waals surface area contributed by atoms with Crippen molar-refractivity contribution in [1.29, 1.82) is 0 Å². The van der Waals surface area contributed by atoms with Crippen molar-refractivity contribution in [2.45, 2.75) is 18.8 Å². The molecule has 1 amide bonds. The van der Waals surface area contributed by atoms with E-state index >= 15 is 0 Å². The number of rotatable bonds is 3. The third-order valence-corrected chi connectivity index (χ3v) is 6.07. The number of nitrogens with zero attached hydrogens (tertiary/aromatic N) is 3. The Morgan fingerprint density at radius 2 is 1.93 bits per heavy atom. The first-order valence-electron chi connectivity index (χ1n) is 9.45. The SMILES string of the molecule is C=CC(=O)N1CCC(c2nnc(Cl)c3cc(-c4c(O)cccc4F)c(Cl)cc23)CC1. The summed E-state index contributed by atoms with van der Waals surface area (Å²) in [4.78, 5) is 13.6. The molecule has 0 bridgehead atoms. The number of carbonyl (C=O) groups excluding carboxylic acids is 1. The lowest BCUT2D eigenvalue weighted by Crippen LogP contribution is -2.37. The Hall–Kier alpha value is -2.70. The Kier molecular flexibility index (Phi) is 5.62. The van der Waals surface area contributed by atoms with Gasteiger partial charge < -0.3 is 10.0 Å². The number of likely N-dealkylation sites (tertiary alicyclic amines) is 1. The van der Waals surface area contributed by atoms with E-state index in [1.165, 1.54) is 24.3 Å². The normalized spacial score (nSPS) is 14.8. The summed E-state index contributed by atoms with van der Waals surface area (Å²) in [5.41, 5.74) is 1.08. The average molecular weight is 446 g/mol. The van der Waals surface area contributed by atoms with Gasteiger partial charge in [-0.05, 0) is 43.2 Å². The van der Waals surface area contributed by atoms with Crippen molar-refractivity contribution in [3.8, 4) is 16.9 Å². The van der Waals surface area contributed by atoms with Crippen LogP contribution in [0.5, 0.6) is 5.75 Å². The zero-order chi connectivity index (χ0) is 21.4. The molecule has 5 nitrogen and oxygen atoms in total. The number of aromatic nitrogens is 2. The summed E-state index contributed by atoms with van der Waals surface area (Å²) in [5.74, 6) is -0.810. The first-order valence-corrected chi connectivity index (χ1v) is 10.2. The molecule has 1 N–H and O–H groups in total. The minimum absolute atomic E-state index is 0.00933. The molecule has 1 saturated heterocycles. The molecule has 30 heavy (non-hydrogen) atoms. The highest BCUT2D eigenvalue weighted by atomic mass is 35.5. The Balaban J connectivity index is 1.78. The lowest BCUT2D eigenvalue weighted by atomic mass is 9.90. The molecule has 8 heteroatoms. The fourth-order valence-electron chi connectivity index (χ4n) is 3.94. The Morgan fingerprint density at radius 3 is 2.60 bits per heavy atom. The highest BCUT2D eigenvalue weighted by molar-refractivity contribution is 6.37. The summed E-state index contributed by atoms with van der Waals surface area (Å²) in [6, 6.07) is 7.39. The molecule has 1 aliphatic heterocycles. The largest absolute Gasteiger partial charge is 0.507 e. The van der Waals surface area contributed by atoms with Gasteiger partial charge >= 0.3 is 0 Å². The highest BCUT2D eigenvalue weighted by Gasteiger charge is 2.26. The lowest BCUT2D eigenvalue weighted by Gasteiger charge is -2.31. The van der Waals surface area contributed by atoms with E-state index in [0.29, 0.717) is 24.0 Å². The van der Waals surface area contributed by atoms with Crippen LogP contribution in [0.1, 0.15) is 24.5 Å². The summed E-state index contributed by atoms with van der Waals surface area (Å²) in [6.45, 7) is 4.72. The first kappa shape index (κ1) is 20.6. The summed E-state index contributed by atoms with van der Waals surface area (Å²) in [6.07, 6.45) is 2.76. The van der Waals surface area contributed by atoms with Crippen molar-refractivity contribution in [3.05, 3.63) is 64.7 Å². The maximum Gasteiger partial charge on any atom is 0.245 e. The van der Waals surface area contributed by atoms with Gasteiger partial charge in [-0.15, -0.1) is 5.10 Å². The molecule has 2 heterocycles. The zero-order valence-electron chi connectivity index (χ0n) is 15.9. The maximum absolute atomic E-state index is 14.4. The quantitative estimate of drug-likeness (QED) is 0.552. The van der Waals surface area contributed by atoms with Crippen molar-refractivity contribution in [2.75, 3.05) is 13.1 Å². The van der Waals surface area contributed by atoms with Crippen LogP contribution in [0.2, 0.25) is 10.2 Å². The minimum atomic E-state index is -0.589. The Labute approximate surface area is 182 Å². The third kappa shape index (κ3) is 3.61. The van der Waals surface area contributed by atoms with Crippen molar-refractivity contribution in [1.82, 2.24) is 15.1 Å². The van der Waals surface area contributed by atoms with Gasteiger partial charge in [0.05, 0.1) is 11.3 Å². The average Bonchev–Trinajstić information content (AvgIpc) is 2.74. The predicted octanol–water partition coefficient (Wildman–Crippen LogP) is 5.34. The molecule has 0 atom stereocenters. The molecular formula is C22H18Cl2FN3O2. The van der Waals surface area contributed by atoms with Gasteiger partial charge in [-0.25, -0.2) is 4.39 Å². The number of carbonyl (C=O) groups is 1. The number of hydrogen-bond acceptors (Lipinski definition) is 4. The van der Waals surface area contributed by atoms with E-state index in [1.54, 1.807) is 17.0 Å². The zero-order valence-corrected chi connectivity index (χ0v) is 17.4. The van der Waals surface area contributed by atoms with Gasteiger partial charge in [0.25, 0.3) is 0 Å². The fourth-order valence-corrected chi connectivity index (χ4v) is 4.39. The fraction of sp³-hybridized carbons (Fsp3) is 0.227. The molecule has 2 aromatic carbocycles. The van der Waals surface area contributed by atoms with Gasteiger partial charge in [0.15, 0.2) is 5.15 Å². The van der Waals surface area contributed by atoms with Crippen LogP contribution in [-0.2, 0) is 4.79 Å². The molecule has 154 valence electrons. The molecule has 0 radical (unpaired) electrons. The molecule has 1 aromatic heterocycles. The van der Waals surface area contributed by atoms with Crippen LogP contribution in [0, 0.1) is 5.82 Å². The van der Waals surface area contributed by atoms with Crippen LogP contribution in [0.15, 0.2) is 43.0 Å².